The molecule has 0 aliphatic carbocycles. The van der Waals surface area contributed by atoms with E-state index >= 15 is 0 Å². The Kier molecular flexibility index (Phi) is 3.91. The average molecular weight is 270 g/mol. The van der Waals surface area contributed by atoms with Crippen molar-refractivity contribution in [2.45, 2.75) is 0 Å². The zero-order chi connectivity index (χ0) is 14.5. The standard InChI is InChI=1S/C14H11FN4O/c1-17-13-7-10(4-5-18-13)14(20)19-12-3-2-9(8-16)6-11(12)15/h2-7H,1H3,(H,17,18)(H,19,20). The Morgan fingerprint density at radius 1 is 1.35 bits per heavy atom. The summed E-state index contributed by atoms with van der Waals surface area (Å²) in [5, 5.41) is 13.9. The van der Waals surface area contributed by atoms with Gasteiger partial charge in [0.1, 0.15) is 11.6 Å². The Morgan fingerprint density at radius 3 is 2.80 bits per heavy atom. The topological polar surface area (TPSA) is 77.8 Å². The molecule has 0 saturated carbocycles. The quantitative estimate of drug-likeness (QED) is 0.897. The van der Waals surface area contributed by atoms with Crippen molar-refractivity contribution in [1.29, 1.82) is 5.26 Å². The molecule has 0 fully saturated rings. The lowest BCUT2D eigenvalue weighted by molar-refractivity contribution is 0.102. The molecule has 0 spiro atoms. The number of nitrogens with zero attached hydrogens (tertiary/aromatic N) is 2. The van der Waals surface area contributed by atoms with Crippen molar-refractivity contribution in [3.8, 4) is 6.07 Å². The van der Waals surface area contributed by atoms with Gasteiger partial charge in [0.15, 0.2) is 0 Å². The van der Waals surface area contributed by atoms with E-state index < -0.39 is 11.7 Å². The molecule has 0 atom stereocenters. The van der Waals surface area contributed by atoms with E-state index in [9.17, 15) is 9.18 Å². The van der Waals surface area contributed by atoms with Crippen LogP contribution in [-0.2, 0) is 0 Å². The number of nitrogens with one attached hydrogen (secondary N) is 2. The molecule has 0 aliphatic rings. The first-order valence-electron chi connectivity index (χ1n) is 5.79. The highest BCUT2D eigenvalue weighted by molar-refractivity contribution is 6.04. The lowest BCUT2D eigenvalue weighted by Crippen LogP contribution is -2.13. The van der Waals surface area contributed by atoms with E-state index in [1.807, 2.05) is 6.07 Å². The maximum absolute atomic E-state index is 13.7. The van der Waals surface area contributed by atoms with Crippen LogP contribution in [0.25, 0.3) is 0 Å². The molecule has 100 valence electrons. The summed E-state index contributed by atoms with van der Waals surface area (Å²) >= 11 is 0. The van der Waals surface area contributed by atoms with Crippen LogP contribution < -0.4 is 10.6 Å². The van der Waals surface area contributed by atoms with Gasteiger partial charge in [-0.1, -0.05) is 0 Å². The van der Waals surface area contributed by atoms with E-state index in [1.54, 1.807) is 13.1 Å². The average Bonchev–Trinajstić information content (AvgIpc) is 2.49. The van der Waals surface area contributed by atoms with Gasteiger partial charge in [-0.05, 0) is 30.3 Å². The third-order valence-electron chi connectivity index (χ3n) is 2.62. The molecule has 6 heteroatoms. The lowest BCUT2D eigenvalue weighted by Gasteiger charge is -2.07. The number of hydrogen-bond acceptors (Lipinski definition) is 4. The minimum atomic E-state index is -0.653. The minimum Gasteiger partial charge on any atom is -0.373 e. The van der Waals surface area contributed by atoms with Crippen LogP contribution in [0.5, 0.6) is 0 Å². The number of anilines is 2. The summed E-state index contributed by atoms with van der Waals surface area (Å²) < 4.78 is 13.7. The Hall–Kier alpha value is -2.94. The van der Waals surface area contributed by atoms with Gasteiger partial charge in [0.25, 0.3) is 5.91 Å². The van der Waals surface area contributed by atoms with E-state index in [0.717, 1.165) is 6.07 Å². The first-order valence-corrected chi connectivity index (χ1v) is 5.79. The van der Waals surface area contributed by atoms with Crippen molar-refractivity contribution in [2.75, 3.05) is 17.7 Å². The molecule has 1 aromatic carbocycles. The molecule has 1 amide bonds. The minimum absolute atomic E-state index is 0.0248. The van der Waals surface area contributed by atoms with Crippen LogP contribution >= 0.6 is 0 Å². The van der Waals surface area contributed by atoms with Crippen LogP contribution in [0.15, 0.2) is 36.5 Å². The highest BCUT2D eigenvalue weighted by Gasteiger charge is 2.10. The van der Waals surface area contributed by atoms with Gasteiger partial charge in [0, 0.05) is 18.8 Å². The van der Waals surface area contributed by atoms with Crippen LogP contribution in [0.1, 0.15) is 15.9 Å². The predicted octanol–water partition coefficient (Wildman–Crippen LogP) is 2.39. The van der Waals surface area contributed by atoms with E-state index in [-0.39, 0.29) is 11.3 Å². The van der Waals surface area contributed by atoms with E-state index in [4.69, 9.17) is 5.26 Å². The molecule has 2 N–H and O–H groups in total. The Balaban J connectivity index is 2.21. The number of carbonyl (C=O) groups excluding carboxylic acids is 1. The van der Waals surface area contributed by atoms with Crippen molar-refractivity contribution in [1.82, 2.24) is 4.98 Å². The van der Waals surface area contributed by atoms with Gasteiger partial charge in [0.2, 0.25) is 0 Å². The number of aromatic nitrogens is 1. The third-order valence-corrected chi connectivity index (χ3v) is 2.62. The molecular formula is C14H11FN4O. The van der Waals surface area contributed by atoms with Gasteiger partial charge >= 0.3 is 0 Å². The van der Waals surface area contributed by atoms with Crippen LogP contribution in [0.2, 0.25) is 0 Å². The molecule has 5 nitrogen and oxygen atoms in total. The first-order chi connectivity index (χ1) is 9.63. The molecule has 0 saturated heterocycles. The zero-order valence-electron chi connectivity index (χ0n) is 10.6. The number of halogens is 1. The summed E-state index contributed by atoms with van der Waals surface area (Å²) in [5.41, 5.74) is 0.576. The van der Waals surface area contributed by atoms with E-state index in [0.29, 0.717) is 11.4 Å². The molecule has 20 heavy (non-hydrogen) atoms. The second-order valence-electron chi connectivity index (χ2n) is 3.94. The maximum Gasteiger partial charge on any atom is 0.255 e. The smallest absolute Gasteiger partial charge is 0.255 e. The van der Waals surface area contributed by atoms with Crippen molar-refractivity contribution in [3.05, 3.63) is 53.5 Å². The molecule has 0 bridgehead atoms. The maximum atomic E-state index is 13.7. The number of rotatable bonds is 3. The molecule has 0 unspecified atom stereocenters. The van der Waals surface area contributed by atoms with Gasteiger partial charge in [0.05, 0.1) is 17.3 Å². The van der Waals surface area contributed by atoms with Crippen LogP contribution in [-0.4, -0.2) is 17.9 Å². The number of hydrogen-bond donors (Lipinski definition) is 2. The number of carbonyl (C=O) groups is 1. The number of benzene rings is 1. The first kappa shape index (κ1) is 13.5. The van der Waals surface area contributed by atoms with Crippen LogP contribution in [0.4, 0.5) is 15.9 Å². The number of nitriles is 1. The molecule has 0 radical (unpaired) electrons. The number of amides is 1. The van der Waals surface area contributed by atoms with Gasteiger partial charge in [-0.15, -0.1) is 0 Å². The molecule has 0 aliphatic heterocycles. The Bertz CT molecular complexity index is 694. The summed E-state index contributed by atoms with van der Waals surface area (Å²) in [5.74, 6) is -0.564. The van der Waals surface area contributed by atoms with E-state index in [2.05, 4.69) is 15.6 Å². The van der Waals surface area contributed by atoms with Crippen LogP contribution in [0.3, 0.4) is 0 Å². The van der Waals surface area contributed by atoms with Gasteiger partial charge in [-0.25, -0.2) is 9.37 Å². The van der Waals surface area contributed by atoms with Gasteiger partial charge in [-0.2, -0.15) is 5.26 Å². The highest BCUT2D eigenvalue weighted by Crippen LogP contribution is 2.17. The normalized spacial score (nSPS) is 9.65. The Morgan fingerprint density at radius 2 is 2.15 bits per heavy atom. The summed E-state index contributed by atoms with van der Waals surface area (Å²) in [6.45, 7) is 0. The fourth-order valence-electron chi connectivity index (χ4n) is 1.59. The zero-order valence-corrected chi connectivity index (χ0v) is 10.6. The fraction of sp³-hybridized carbons (Fsp3) is 0.0714. The molecule has 1 aromatic heterocycles. The lowest BCUT2D eigenvalue weighted by atomic mass is 10.2. The number of pyridine rings is 1. The molecule has 2 aromatic rings. The summed E-state index contributed by atoms with van der Waals surface area (Å²) in [7, 11) is 1.68. The van der Waals surface area contributed by atoms with Crippen molar-refractivity contribution < 1.29 is 9.18 Å². The van der Waals surface area contributed by atoms with Crippen molar-refractivity contribution in [2.24, 2.45) is 0 Å². The predicted molar refractivity (Wildman–Crippen MR) is 72.9 cm³/mol. The Labute approximate surface area is 115 Å². The van der Waals surface area contributed by atoms with E-state index in [1.165, 1.54) is 24.4 Å². The van der Waals surface area contributed by atoms with Crippen molar-refractivity contribution in [3.63, 3.8) is 0 Å². The van der Waals surface area contributed by atoms with Crippen molar-refractivity contribution >= 4 is 17.4 Å². The van der Waals surface area contributed by atoms with Gasteiger partial charge < -0.3 is 10.6 Å². The molecule has 2 rings (SSSR count). The highest BCUT2D eigenvalue weighted by atomic mass is 19.1. The summed E-state index contributed by atoms with van der Waals surface area (Å²) in [6, 6.07) is 8.76. The SMILES string of the molecule is CNc1cc(C(=O)Nc2ccc(C#N)cc2F)ccn1. The van der Waals surface area contributed by atoms with Gasteiger partial charge in [-0.3, -0.25) is 4.79 Å². The largest absolute Gasteiger partial charge is 0.373 e. The summed E-state index contributed by atoms with van der Waals surface area (Å²) in [6.07, 6.45) is 1.48. The fourth-order valence-corrected chi connectivity index (χ4v) is 1.59. The molecule has 1 heterocycles. The second-order valence-corrected chi connectivity index (χ2v) is 3.94. The van der Waals surface area contributed by atoms with Crippen LogP contribution in [0, 0.1) is 17.1 Å². The molecular weight excluding hydrogens is 259 g/mol. The third kappa shape index (κ3) is 2.90. The second kappa shape index (κ2) is 5.80. The summed E-state index contributed by atoms with van der Waals surface area (Å²) in [4.78, 5) is 16.0. The monoisotopic (exact) mass is 270 g/mol.